The highest BCUT2D eigenvalue weighted by atomic mass is 35.5. The predicted molar refractivity (Wildman–Crippen MR) is 95.4 cm³/mol. The van der Waals surface area contributed by atoms with Gasteiger partial charge in [0, 0.05) is 39.8 Å². The van der Waals surface area contributed by atoms with Gasteiger partial charge in [0.15, 0.2) is 5.60 Å². The van der Waals surface area contributed by atoms with Gasteiger partial charge in [-0.2, -0.15) is 0 Å². The quantitative estimate of drug-likeness (QED) is 0.761. The Morgan fingerprint density at radius 3 is 2.79 bits per heavy atom. The zero-order chi connectivity index (χ0) is 16.9. The van der Waals surface area contributed by atoms with Gasteiger partial charge >= 0.3 is 0 Å². The largest absolute Gasteiger partial charge is 0.372 e. The first-order chi connectivity index (χ1) is 11.6. The number of rotatable bonds is 3. The zero-order valence-corrected chi connectivity index (χ0v) is 14.0. The van der Waals surface area contributed by atoms with Gasteiger partial charge in [0.1, 0.15) is 0 Å². The molecule has 0 radical (unpaired) electrons. The molecule has 2 N–H and O–H groups in total. The number of para-hydroxylation sites is 1. The molecule has 3 aromatic rings. The number of carbonyl (C=O) groups is 1. The number of fused-ring (bicyclic) bond motifs is 2. The number of hydrogen-bond acceptors (Lipinski definition) is 2. The van der Waals surface area contributed by atoms with Crippen LogP contribution in [0.4, 0.5) is 5.69 Å². The molecule has 0 spiro atoms. The van der Waals surface area contributed by atoms with E-state index in [-0.39, 0.29) is 5.91 Å². The summed E-state index contributed by atoms with van der Waals surface area (Å²) in [5.74, 6) is -0.327. The van der Waals surface area contributed by atoms with Crippen LogP contribution in [-0.2, 0) is 10.4 Å². The molecule has 24 heavy (non-hydrogen) atoms. The van der Waals surface area contributed by atoms with E-state index in [9.17, 15) is 9.90 Å². The van der Waals surface area contributed by atoms with Crippen molar-refractivity contribution in [2.75, 3.05) is 11.4 Å². The highest BCUT2D eigenvalue weighted by Gasteiger charge is 2.51. The number of carbonyl (C=O) groups excluding carboxylic acids is 1. The summed E-state index contributed by atoms with van der Waals surface area (Å²) >= 11 is 6.15. The van der Waals surface area contributed by atoms with E-state index in [0.717, 1.165) is 23.0 Å². The third kappa shape index (κ3) is 1.93. The van der Waals surface area contributed by atoms with Crippen LogP contribution in [0.1, 0.15) is 24.5 Å². The molecular formula is C19H17ClN2O2. The summed E-state index contributed by atoms with van der Waals surface area (Å²) in [5, 5.41) is 12.9. The molecule has 2 aromatic carbocycles. The molecule has 1 aromatic heterocycles. The van der Waals surface area contributed by atoms with E-state index in [2.05, 4.69) is 4.98 Å². The molecule has 1 unspecified atom stereocenters. The Hall–Kier alpha value is -2.30. The van der Waals surface area contributed by atoms with Gasteiger partial charge in [-0.15, -0.1) is 0 Å². The molecule has 1 aliphatic rings. The zero-order valence-electron chi connectivity index (χ0n) is 13.2. The summed E-state index contributed by atoms with van der Waals surface area (Å²) < 4.78 is 0. The molecule has 0 aliphatic carbocycles. The van der Waals surface area contributed by atoms with Crippen molar-refractivity contribution in [3.8, 4) is 0 Å². The molecule has 0 saturated carbocycles. The lowest BCUT2D eigenvalue weighted by molar-refractivity contribution is -0.132. The molecule has 0 saturated heterocycles. The second-order valence-corrected chi connectivity index (χ2v) is 6.51. The van der Waals surface area contributed by atoms with E-state index >= 15 is 0 Å². The van der Waals surface area contributed by atoms with Crippen molar-refractivity contribution in [3.05, 3.63) is 64.8 Å². The fourth-order valence-electron chi connectivity index (χ4n) is 3.53. The number of hydrogen-bond donors (Lipinski definition) is 2. The van der Waals surface area contributed by atoms with E-state index in [1.165, 1.54) is 0 Å². The first-order valence-electron chi connectivity index (χ1n) is 7.98. The van der Waals surface area contributed by atoms with E-state index in [1.54, 1.807) is 29.3 Å². The fraction of sp³-hybridized carbons (Fsp3) is 0.211. The molecule has 1 aliphatic heterocycles. The number of aromatic nitrogens is 1. The number of aromatic amines is 1. The summed E-state index contributed by atoms with van der Waals surface area (Å²) in [6.45, 7) is 2.56. The Bertz CT molecular complexity index is 949. The van der Waals surface area contributed by atoms with Crippen molar-refractivity contribution in [2.24, 2.45) is 0 Å². The maximum atomic E-state index is 13.1. The van der Waals surface area contributed by atoms with Crippen molar-refractivity contribution in [3.63, 3.8) is 0 Å². The Kier molecular flexibility index (Phi) is 3.41. The number of nitrogens with one attached hydrogen (secondary N) is 1. The van der Waals surface area contributed by atoms with Crippen molar-refractivity contribution in [1.82, 2.24) is 4.98 Å². The van der Waals surface area contributed by atoms with Gasteiger partial charge in [-0.25, -0.2) is 0 Å². The maximum absolute atomic E-state index is 13.1. The molecule has 5 heteroatoms. The van der Waals surface area contributed by atoms with Crippen molar-refractivity contribution >= 4 is 34.1 Å². The van der Waals surface area contributed by atoms with Gasteiger partial charge in [0.25, 0.3) is 5.91 Å². The normalized spacial score (nSPS) is 20.0. The van der Waals surface area contributed by atoms with Gasteiger partial charge in [-0.1, -0.05) is 36.7 Å². The minimum atomic E-state index is -1.73. The van der Waals surface area contributed by atoms with Crippen molar-refractivity contribution in [2.45, 2.75) is 18.9 Å². The first kappa shape index (κ1) is 15.2. The number of benzene rings is 2. The van der Waals surface area contributed by atoms with Gasteiger partial charge < -0.3 is 15.0 Å². The third-order valence-corrected chi connectivity index (χ3v) is 4.86. The van der Waals surface area contributed by atoms with Crippen LogP contribution < -0.4 is 4.90 Å². The van der Waals surface area contributed by atoms with Crippen LogP contribution >= 0.6 is 11.6 Å². The number of anilines is 1. The molecule has 122 valence electrons. The van der Waals surface area contributed by atoms with Crippen LogP contribution in [0.2, 0.25) is 5.02 Å². The SMILES string of the molecule is CCCN1C(=O)C(O)(c2c[nH]c3ccccc23)c2cc(Cl)ccc21. The first-order valence-corrected chi connectivity index (χ1v) is 8.36. The van der Waals surface area contributed by atoms with Crippen LogP contribution in [-0.4, -0.2) is 22.5 Å². The Morgan fingerprint density at radius 2 is 2.00 bits per heavy atom. The average Bonchev–Trinajstić information content (AvgIpc) is 3.10. The van der Waals surface area contributed by atoms with Crippen LogP contribution in [0.3, 0.4) is 0 Å². The number of nitrogens with zero attached hydrogens (tertiary/aromatic N) is 1. The second kappa shape index (κ2) is 5.36. The monoisotopic (exact) mass is 340 g/mol. The Morgan fingerprint density at radius 1 is 1.21 bits per heavy atom. The Balaban J connectivity index is 2.00. The second-order valence-electron chi connectivity index (χ2n) is 6.08. The van der Waals surface area contributed by atoms with E-state index in [0.29, 0.717) is 22.7 Å². The van der Waals surface area contributed by atoms with Crippen LogP contribution in [0.25, 0.3) is 10.9 Å². The average molecular weight is 341 g/mol. The van der Waals surface area contributed by atoms with E-state index in [4.69, 9.17) is 11.6 Å². The lowest BCUT2D eigenvalue weighted by Crippen LogP contribution is -2.41. The molecule has 0 bridgehead atoms. The van der Waals surface area contributed by atoms with Gasteiger partial charge in [0.2, 0.25) is 0 Å². The summed E-state index contributed by atoms with van der Waals surface area (Å²) in [4.78, 5) is 17.9. The minimum Gasteiger partial charge on any atom is -0.372 e. The molecule has 1 amide bonds. The lowest BCUT2D eigenvalue weighted by atomic mass is 9.87. The molecule has 4 rings (SSSR count). The number of H-pyrrole nitrogens is 1. The van der Waals surface area contributed by atoms with Crippen LogP contribution in [0.15, 0.2) is 48.7 Å². The summed E-state index contributed by atoms with van der Waals surface area (Å²) in [6, 6.07) is 12.9. The Labute approximate surface area is 144 Å². The van der Waals surface area contributed by atoms with E-state index < -0.39 is 5.60 Å². The van der Waals surface area contributed by atoms with Crippen LogP contribution in [0, 0.1) is 0 Å². The summed E-state index contributed by atoms with van der Waals surface area (Å²) in [6.07, 6.45) is 2.51. The smallest absolute Gasteiger partial charge is 0.268 e. The number of amides is 1. The summed E-state index contributed by atoms with van der Waals surface area (Å²) in [7, 11) is 0. The van der Waals surface area contributed by atoms with E-state index in [1.807, 2.05) is 31.2 Å². The fourth-order valence-corrected chi connectivity index (χ4v) is 3.70. The number of halogens is 1. The lowest BCUT2D eigenvalue weighted by Gasteiger charge is -2.23. The topological polar surface area (TPSA) is 56.3 Å². The molecule has 1 atom stereocenters. The van der Waals surface area contributed by atoms with Gasteiger partial charge in [-0.05, 0) is 30.7 Å². The molecule has 4 nitrogen and oxygen atoms in total. The van der Waals surface area contributed by atoms with Gasteiger partial charge in [0.05, 0.1) is 5.69 Å². The highest BCUT2D eigenvalue weighted by Crippen LogP contribution is 2.47. The number of aliphatic hydroxyl groups is 1. The highest BCUT2D eigenvalue weighted by molar-refractivity contribution is 6.31. The molecule has 0 fully saturated rings. The minimum absolute atomic E-state index is 0.327. The summed E-state index contributed by atoms with van der Waals surface area (Å²) in [5.41, 5.74) is 0.975. The van der Waals surface area contributed by atoms with Crippen molar-refractivity contribution in [1.29, 1.82) is 0 Å². The molecular weight excluding hydrogens is 324 g/mol. The predicted octanol–water partition coefficient (Wildman–Crippen LogP) is 3.81. The third-order valence-electron chi connectivity index (χ3n) is 4.62. The van der Waals surface area contributed by atoms with Gasteiger partial charge in [-0.3, -0.25) is 4.79 Å². The van der Waals surface area contributed by atoms with Crippen molar-refractivity contribution < 1.29 is 9.90 Å². The van der Waals surface area contributed by atoms with Crippen LogP contribution in [0.5, 0.6) is 0 Å². The maximum Gasteiger partial charge on any atom is 0.268 e. The molecule has 2 heterocycles. The standard InChI is InChI=1S/C19H17ClN2O2/c1-2-9-22-17-8-7-12(20)10-14(17)19(24,18(22)23)15-11-21-16-6-4-3-5-13(15)16/h3-8,10-11,21,24H,2,9H2,1H3.